The van der Waals surface area contributed by atoms with Gasteiger partial charge in [0.1, 0.15) is 11.5 Å². The summed E-state index contributed by atoms with van der Waals surface area (Å²) in [5.41, 5.74) is 12.2. The highest BCUT2D eigenvalue weighted by atomic mass is 35.5. The third kappa shape index (κ3) is 2.74. The number of rotatable bonds is 3. The van der Waals surface area contributed by atoms with Crippen molar-refractivity contribution in [2.24, 2.45) is 5.73 Å². The van der Waals surface area contributed by atoms with Crippen LogP contribution in [0.15, 0.2) is 36.5 Å². The summed E-state index contributed by atoms with van der Waals surface area (Å²) in [6.45, 7) is 0. The van der Waals surface area contributed by atoms with Gasteiger partial charge in [-0.15, -0.1) is 0 Å². The molecule has 116 valence electrons. The largest absolute Gasteiger partial charge is 0.368 e. The molecule has 3 aromatic rings. The molecule has 0 aliphatic rings. The average Bonchev–Trinajstić information content (AvgIpc) is 2.95. The molecular formula is C15H11ClFN5O. The average molecular weight is 332 g/mol. The zero-order valence-corrected chi connectivity index (χ0v) is 12.4. The first-order chi connectivity index (χ1) is 11.0. The molecule has 3 rings (SSSR count). The fourth-order valence-corrected chi connectivity index (χ4v) is 2.42. The van der Waals surface area contributed by atoms with Crippen LogP contribution in [-0.4, -0.2) is 20.9 Å². The molecule has 0 aliphatic heterocycles. The van der Waals surface area contributed by atoms with Gasteiger partial charge in [0.15, 0.2) is 0 Å². The second-order valence-electron chi connectivity index (χ2n) is 4.74. The number of H-pyrrole nitrogens is 1. The van der Waals surface area contributed by atoms with Crippen molar-refractivity contribution >= 4 is 23.5 Å². The number of benzene rings is 1. The lowest BCUT2D eigenvalue weighted by molar-refractivity contribution is 0.100. The Morgan fingerprint density at radius 1 is 1.30 bits per heavy atom. The highest BCUT2D eigenvalue weighted by Crippen LogP contribution is 2.32. The number of nitrogens with two attached hydrogens (primary N) is 2. The summed E-state index contributed by atoms with van der Waals surface area (Å²) in [5.74, 6) is -1.17. The molecule has 6 nitrogen and oxygen atoms in total. The van der Waals surface area contributed by atoms with Crippen molar-refractivity contribution in [3.8, 4) is 22.6 Å². The molecule has 1 aromatic carbocycles. The van der Waals surface area contributed by atoms with Crippen molar-refractivity contribution in [3.63, 3.8) is 0 Å². The number of nitrogens with one attached hydrogen (secondary N) is 1. The molecule has 0 aliphatic carbocycles. The van der Waals surface area contributed by atoms with Crippen molar-refractivity contribution in [1.29, 1.82) is 0 Å². The Balaban J connectivity index is 2.23. The number of anilines is 1. The summed E-state index contributed by atoms with van der Waals surface area (Å²) in [4.78, 5) is 22.4. The quantitative estimate of drug-likeness (QED) is 0.685. The highest BCUT2D eigenvalue weighted by Gasteiger charge is 2.19. The molecule has 2 aromatic heterocycles. The van der Waals surface area contributed by atoms with E-state index in [9.17, 15) is 9.18 Å². The van der Waals surface area contributed by atoms with E-state index >= 15 is 0 Å². The molecule has 23 heavy (non-hydrogen) atoms. The van der Waals surface area contributed by atoms with Gasteiger partial charge >= 0.3 is 0 Å². The molecule has 0 saturated carbocycles. The second kappa shape index (κ2) is 5.69. The fraction of sp³-hybridized carbons (Fsp3) is 0. The molecule has 0 bridgehead atoms. The Kier molecular flexibility index (Phi) is 3.71. The van der Waals surface area contributed by atoms with E-state index in [1.807, 2.05) is 0 Å². The lowest BCUT2D eigenvalue weighted by atomic mass is 10.1. The van der Waals surface area contributed by atoms with Gasteiger partial charge in [-0.2, -0.15) is 0 Å². The monoisotopic (exact) mass is 331 g/mol. The number of amides is 1. The van der Waals surface area contributed by atoms with Crippen molar-refractivity contribution in [3.05, 3.63) is 52.9 Å². The number of halogens is 2. The summed E-state index contributed by atoms with van der Waals surface area (Å²) in [6.07, 6.45) is 1.34. The number of carbonyl (C=O) groups excluding carboxylic acids is 1. The first kappa shape index (κ1) is 15.0. The van der Waals surface area contributed by atoms with Gasteiger partial charge in [0, 0.05) is 5.56 Å². The van der Waals surface area contributed by atoms with Crippen molar-refractivity contribution in [2.45, 2.75) is 0 Å². The number of aromatic nitrogens is 3. The Bertz CT molecular complexity index is 909. The van der Waals surface area contributed by atoms with Gasteiger partial charge < -0.3 is 16.5 Å². The summed E-state index contributed by atoms with van der Waals surface area (Å²) >= 11 is 6.06. The van der Waals surface area contributed by atoms with Gasteiger partial charge in [-0.1, -0.05) is 23.7 Å². The molecule has 2 heterocycles. The van der Waals surface area contributed by atoms with Crippen LogP contribution in [0.1, 0.15) is 10.4 Å². The van der Waals surface area contributed by atoms with E-state index in [0.717, 1.165) is 0 Å². The predicted octanol–water partition coefficient (Wildman–Crippen LogP) is 2.61. The maximum Gasteiger partial charge on any atom is 0.250 e. The maximum atomic E-state index is 14.0. The Labute approximate surface area is 135 Å². The molecule has 8 heteroatoms. The maximum absolute atomic E-state index is 14.0. The number of primary amides is 1. The smallest absolute Gasteiger partial charge is 0.250 e. The van der Waals surface area contributed by atoms with E-state index in [1.54, 1.807) is 12.1 Å². The van der Waals surface area contributed by atoms with Crippen molar-refractivity contribution in [1.82, 2.24) is 15.0 Å². The predicted molar refractivity (Wildman–Crippen MR) is 85.2 cm³/mol. The Morgan fingerprint density at radius 2 is 2.04 bits per heavy atom. The minimum absolute atomic E-state index is 0.0204. The number of aromatic amines is 1. The summed E-state index contributed by atoms with van der Waals surface area (Å²) in [6, 6.07) is 7.48. The number of nitrogens with zero attached hydrogens (tertiary/aromatic N) is 2. The van der Waals surface area contributed by atoms with Gasteiger partial charge in [-0.05, 0) is 18.2 Å². The van der Waals surface area contributed by atoms with Gasteiger partial charge in [0.2, 0.25) is 5.95 Å². The molecule has 0 spiro atoms. The highest BCUT2D eigenvalue weighted by molar-refractivity contribution is 6.32. The second-order valence-corrected chi connectivity index (χ2v) is 5.15. The first-order valence-electron chi connectivity index (χ1n) is 6.53. The molecule has 1 amide bonds. The molecule has 0 saturated heterocycles. The van der Waals surface area contributed by atoms with Gasteiger partial charge in [0.05, 0.1) is 28.2 Å². The SMILES string of the molecule is NC(=O)c1cc(-c2nc(N)ncc2Cl)[nH]c1-c1ccccc1F. The Hall–Kier alpha value is -2.93. The van der Waals surface area contributed by atoms with Crippen LogP contribution < -0.4 is 11.5 Å². The zero-order valence-electron chi connectivity index (χ0n) is 11.7. The van der Waals surface area contributed by atoms with E-state index in [2.05, 4.69) is 15.0 Å². The number of nitrogen functional groups attached to an aromatic ring is 1. The molecular weight excluding hydrogens is 321 g/mol. The van der Waals surface area contributed by atoms with E-state index < -0.39 is 11.7 Å². The molecule has 5 N–H and O–H groups in total. The molecule has 0 atom stereocenters. The lowest BCUT2D eigenvalue weighted by Gasteiger charge is -2.03. The third-order valence-corrected chi connectivity index (χ3v) is 3.52. The van der Waals surface area contributed by atoms with Crippen molar-refractivity contribution in [2.75, 3.05) is 5.73 Å². The summed E-state index contributed by atoms with van der Waals surface area (Å²) in [7, 11) is 0. The van der Waals surface area contributed by atoms with Gasteiger partial charge in [-0.3, -0.25) is 4.79 Å². The van der Waals surface area contributed by atoms with Crippen LogP contribution in [-0.2, 0) is 0 Å². The minimum atomic E-state index is -0.705. The van der Waals surface area contributed by atoms with Crippen LogP contribution in [0.5, 0.6) is 0 Å². The zero-order chi connectivity index (χ0) is 16.6. The van der Waals surface area contributed by atoms with Crippen LogP contribution in [0.2, 0.25) is 5.02 Å². The van der Waals surface area contributed by atoms with E-state index in [0.29, 0.717) is 11.4 Å². The topological polar surface area (TPSA) is 111 Å². The van der Waals surface area contributed by atoms with E-state index in [4.69, 9.17) is 23.1 Å². The summed E-state index contributed by atoms with van der Waals surface area (Å²) in [5, 5.41) is 0.233. The van der Waals surface area contributed by atoms with Gasteiger partial charge in [-0.25, -0.2) is 14.4 Å². The van der Waals surface area contributed by atoms with Crippen LogP contribution in [0.25, 0.3) is 22.6 Å². The molecule has 0 fully saturated rings. The molecule has 0 radical (unpaired) electrons. The van der Waals surface area contributed by atoms with Crippen LogP contribution in [0.4, 0.5) is 10.3 Å². The van der Waals surface area contributed by atoms with Crippen LogP contribution in [0.3, 0.4) is 0 Å². The van der Waals surface area contributed by atoms with Crippen molar-refractivity contribution < 1.29 is 9.18 Å². The van der Waals surface area contributed by atoms with E-state index in [1.165, 1.54) is 24.4 Å². The Morgan fingerprint density at radius 3 is 2.74 bits per heavy atom. The normalized spacial score (nSPS) is 10.7. The number of carbonyl (C=O) groups is 1. The lowest BCUT2D eigenvalue weighted by Crippen LogP contribution is -2.11. The van der Waals surface area contributed by atoms with Crippen LogP contribution in [0, 0.1) is 5.82 Å². The van der Waals surface area contributed by atoms with Crippen LogP contribution >= 0.6 is 11.6 Å². The van der Waals surface area contributed by atoms with E-state index in [-0.39, 0.29) is 27.8 Å². The first-order valence-corrected chi connectivity index (χ1v) is 6.91. The molecule has 0 unspecified atom stereocenters. The van der Waals surface area contributed by atoms with Gasteiger partial charge in [0.25, 0.3) is 5.91 Å². The minimum Gasteiger partial charge on any atom is -0.368 e. The fourth-order valence-electron chi connectivity index (χ4n) is 2.22. The standard InChI is InChI=1S/C15H11ClFN5O/c16-9-6-20-15(19)22-13(9)11-5-8(14(18)23)12(21-11)7-3-1-2-4-10(7)17/h1-6,21H,(H2,18,23)(H2,19,20,22). The third-order valence-electron chi connectivity index (χ3n) is 3.24. The number of hydrogen-bond donors (Lipinski definition) is 3. The summed E-state index contributed by atoms with van der Waals surface area (Å²) < 4.78 is 14.0. The number of hydrogen-bond acceptors (Lipinski definition) is 4.